The molecule has 24 heavy (non-hydrogen) atoms. The molecule has 0 aromatic rings. The van der Waals surface area contributed by atoms with Crippen molar-refractivity contribution in [3.05, 3.63) is 0 Å². The van der Waals surface area contributed by atoms with Crippen LogP contribution >= 0.6 is 0 Å². The van der Waals surface area contributed by atoms with Crippen LogP contribution in [-0.2, 0) is 14.0 Å². The molecular formula is C17H33NO5Si. The molecule has 6 nitrogen and oxygen atoms in total. The number of hydrogen-bond acceptors (Lipinski definition) is 4. The third-order valence-corrected chi connectivity index (χ3v) is 9.48. The van der Waals surface area contributed by atoms with Crippen LogP contribution in [0.4, 0.5) is 4.79 Å². The second-order valence-corrected chi connectivity index (χ2v) is 14.1. The summed E-state index contributed by atoms with van der Waals surface area (Å²) in [5.74, 6) is -1.03. The minimum Gasteiger partial charge on any atom is -0.480 e. The molecule has 0 spiro atoms. The molecule has 0 unspecified atom stereocenters. The van der Waals surface area contributed by atoms with Gasteiger partial charge in [-0.2, -0.15) is 0 Å². The molecule has 0 saturated carbocycles. The van der Waals surface area contributed by atoms with Crippen LogP contribution in [0.15, 0.2) is 0 Å². The molecule has 0 radical (unpaired) electrons. The minimum atomic E-state index is -2.05. The molecule has 1 aliphatic rings. The Labute approximate surface area is 146 Å². The first-order valence-corrected chi connectivity index (χ1v) is 11.3. The highest BCUT2D eigenvalue weighted by Gasteiger charge is 2.53. The van der Waals surface area contributed by atoms with Gasteiger partial charge in [0.1, 0.15) is 11.1 Å². The highest BCUT2D eigenvalue weighted by Crippen LogP contribution is 2.41. The Kier molecular flexibility index (Phi) is 5.53. The fraction of sp³-hybridized carbons (Fsp3) is 0.882. The molecule has 1 N–H and O–H groups in total. The van der Waals surface area contributed by atoms with Gasteiger partial charge in [-0.1, -0.05) is 20.8 Å². The van der Waals surface area contributed by atoms with Gasteiger partial charge in [0.25, 0.3) is 0 Å². The van der Waals surface area contributed by atoms with Gasteiger partial charge in [0, 0.05) is 6.42 Å². The lowest BCUT2D eigenvalue weighted by Crippen LogP contribution is -2.52. The maximum atomic E-state index is 12.5. The van der Waals surface area contributed by atoms with E-state index in [9.17, 15) is 14.7 Å². The van der Waals surface area contributed by atoms with E-state index in [0.717, 1.165) is 0 Å². The largest absolute Gasteiger partial charge is 0.480 e. The number of carboxylic acids is 1. The maximum absolute atomic E-state index is 12.5. The van der Waals surface area contributed by atoms with Crippen molar-refractivity contribution in [1.82, 2.24) is 4.90 Å². The first kappa shape index (κ1) is 21.0. The fourth-order valence-electron chi connectivity index (χ4n) is 2.49. The van der Waals surface area contributed by atoms with Crippen LogP contribution in [0.1, 0.15) is 54.9 Å². The Morgan fingerprint density at radius 1 is 1.17 bits per heavy atom. The van der Waals surface area contributed by atoms with Gasteiger partial charge in [0.05, 0.1) is 12.6 Å². The number of hydrogen-bond donors (Lipinski definition) is 1. The van der Waals surface area contributed by atoms with E-state index in [0.29, 0.717) is 0 Å². The first-order valence-electron chi connectivity index (χ1n) is 8.41. The number of ether oxygens (including phenoxy) is 1. The van der Waals surface area contributed by atoms with Crippen molar-refractivity contribution < 1.29 is 23.9 Å². The van der Waals surface area contributed by atoms with E-state index in [1.807, 2.05) is 0 Å². The van der Waals surface area contributed by atoms with Gasteiger partial charge in [0.15, 0.2) is 8.32 Å². The Morgan fingerprint density at radius 2 is 1.67 bits per heavy atom. The number of carboxylic acid groups (broad SMARTS) is 1. The molecule has 0 aromatic heterocycles. The Hall–Kier alpha value is -1.08. The maximum Gasteiger partial charge on any atom is 0.411 e. The molecule has 1 saturated heterocycles. The van der Waals surface area contributed by atoms with Crippen LogP contribution in [0.5, 0.6) is 0 Å². The van der Waals surface area contributed by atoms with Crippen molar-refractivity contribution in [3.63, 3.8) is 0 Å². The molecule has 2 atom stereocenters. The summed E-state index contributed by atoms with van der Waals surface area (Å²) in [6.45, 7) is 17.8. The molecule has 1 amide bonds. The standard InChI is InChI=1S/C17H33NO5Si/c1-15(2,3)22-14(21)18-11-12(10-17(18,7)13(19)20)23-24(8,9)16(4,5)6/h12H,10-11H2,1-9H3,(H,19,20)/t12-,17+/m0/s1. The lowest BCUT2D eigenvalue weighted by atomic mass is 9.99. The summed E-state index contributed by atoms with van der Waals surface area (Å²) in [6, 6.07) is 0. The molecule has 1 rings (SSSR count). The number of carbonyl (C=O) groups excluding carboxylic acids is 1. The lowest BCUT2D eigenvalue weighted by Gasteiger charge is -2.38. The second-order valence-electron chi connectivity index (χ2n) is 9.37. The average Bonchev–Trinajstić information content (AvgIpc) is 2.63. The molecule has 7 heteroatoms. The topological polar surface area (TPSA) is 76.1 Å². The first-order chi connectivity index (χ1) is 10.5. The number of nitrogens with zero attached hydrogens (tertiary/aromatic N) is 1. The zero-order chi connectivity index (χ0) is 19.1. The molecule has 0 bridgehead atoms. The zero-order valence-electron chi connectivity index (χ0n) is 16.5. The normalized spacial score (nSPS) is 25.7. The van der Waals surface area contributed by atoms with Gasteiger partial charge < -0.3 is 14.3 Å². The fourth-order valence-corrected chi connectivity index (χ4v) is 3.84. The van der Waals surface area contributed by atoms with Crippen LogP contribution in [0.25, 0.3) is 0 Å². The second kappa shape index (κ2) is 6.33. The number of likely N-dealkylation sites (tertiary alicyclic amines) is 1. The Balaban J connectivity index is 3.01. The molecule has 1 fully saturated rings. The van der Waals surface area contributed by atoms with Gasteiger partial charge in [-0.05, 0) is 45.8 Å². The quantitative estimate of drug-likeness (QED) is 0.774. The van der Waals surface area contributed by atoms with Crippen LogP contribution in [-0.4, -0.2) is 54.2 Å². The van der Waals surface area contributed by atoms with E-state index in [2.05, 4.69) is 33.9 Å². The number of rotatable bonds is 3. The van der Waals surface area contributed by atoms with Crippen LogP contribution < -0.4 is 0 Å². The molecule has 1 aliphatic heterocycles. The summed E-state index contributed by atoms with van der Waals surface area (Å²) in [4.78, 5) is 25.6. The highest BCUT2D eigenvalue weighted by atomic mass is 28.4. The predicted octanol–water partition coefficient (Wildman–Crippen LogP) is 3.86. The predicted molar refractivity (Wildman–Crippen MR) is 95.7 cm³/mol. The average molecular weight is 360 g/mol. The SMILES string of the molecule is CC(C)(C)OC(=O)N1C[C@@H](O[Si](C)(C)C(C)(C)C)C[C@]1(C)C(=O)O. The monoisotopic (exact) mass is 359 g/mol. The van der Waals surface area contributed by atoms with Crippen molar-refractivity contribution in [1.29, 1.82) is 0 Å². The summed E-state index contributed by atoms with van der Waals surface area (Å²) in [6.07, 6.45) is -0.623. The summed E-state index contributed by atoms with van der Waals surface area (Å²) in [5.41, 5.74) is -1.98. The van der Waals surface area contributed by atoms with Gasteiger partial charge in [-0.3, -0.25) is 4.90 Å². The molecule has 1 heterocycles. The summed E-state index contributed by atoms with van der Waals surface area (Å²) < 4.78 is 11.7. The van der Waals surface area contributed by atoms with Crippen molar-refractivity contribution in [3.8, 4) is 0 Å². The Bertz CT molecular complexity index is 506. The van der Waals surface area contributed by atoms with E-state index in [1.54, 1.807) is 27.7 Å². The zero-order valence-corrected chi connectivity index (χ0v) is 17.5. The molecule has 0 aliphatic carbocycles. The van der Waals surface area contributed by atoms with Gasteiger partial charge >= 0.3 is 12.1 Å². The Morgan fingerprint density at radius 3 is 2.04 bits per heavy atom. The van der Waals surface area contributed by atoms with E-state index in [4.69, 9.17) is 9.16 Å². The van der Waals surface area contributed by atoms with Crippen LogP contribution in [0, 0.1) is 0 Å². The van der Waals surface area contributed by atoms with Crippen LogP contribution in [0.2, 0.25) is 18.1 Å². The minimum absolute atomic E-state index is 0.0198. The van der Waals surface area contributed by atoms with Crippen molar-refractivity contribution in [2.45, 2.75) is 90.3 Å². The lowest BCUT2D eigenvalue weighted by molar-refractivity contribution is -0.148. The van der Waals surface area contributed by atoms with Crippen LogP contribution in [0.3, 0.4) is 0 Å². The summed E-state index contributed by atoms with van der Waals surface area (Å²) in [7, 11) is -2.05. The third-order valence-electron chi connectivity index (χ3n) is 4.95. The van der Waals surface area contributed by atoms with E-state index in [1.165, 1.54) is 4.90 Å². The summed E-state index contributed by atoms with van der Waals surface area (Å²) >= 11 is 0. The van der Waals surface area contributed by atoms with Gasteiger partial charge in [-0.25, -0.2) is 9.59 Å². The number of carbonyl (C=O) groups is 2. The van der Waals surface area contributed by atoms with Gasteiger partial charge in [0.2, 0.25) is 0 Å². The number of aliphatic carboxylic acids is 1. The molecule has 0 aromatic carbocycles. The molecular weight excluding hydrogens is 326 g/mol. The molecule has 140 valence electrons. The summed E-state index contributed by atoms with van der Waals surface area (Å²) in [5, 5.41) is 9.69. The van der Waals surface area contributed by atoms with E-state index in [-0.39, 0.29) is 24.1 Å². The van der Waals surface area contributed by atoms with E-state index < -0.39 is 31.5 Å². The third kappa shape index (κ3) is 4.50. The van der Waals surface area contributed by atoms with E-state index >= 15 is 0 Å². The van der Waals surface area contributed by atoms with Gasteiger partial charge in [-0.15, -0.1) is 0 Å². The highest BCUT2D eigenvalue weighted by molar-refractivity contribution is 6.74. The number of amides is 1. The van der Waals surface area contributed by atoms with Crippen molar-refractivity contribution in [2.24, 2.45) is 0 Å². The van der Waals surface area contributed by atoms with Crippen molar-refractivity contribution in [2.75, 3.05) is 6.54 Å². The smallest absolute Gasteiger partial charge is 0.411 e. The van der Waals surface area contributed by atoms with Crippen molar-refractivity contribution >= 4 is 20.4 Å².